The van der Waals surface area contributed by atoms with Crippen LogP contribution in [-0.4, -0.2) is 42.9 Å². The molecule has 0 amide bonds. The standard InChI is InChI=1S/C32H31ClO8Si/c1-17-31(2,40-17)24-15-22(34)25-19(16-38-30(37)18-10-7-6-8-11-18)14-20-26(28(25)39-24)29(36)32(33)21(27(20)35)12-9-13-23(32)41-42(3,4)5/h6-11,13-15,17,21,23H,12,16H2,1-5H3/t17-,21+,23?,31-,32+/m0/s1. The molecule has 1 saturated heterocycles. The lowest BCUT2D eigenvalue weighted by Gasteiger charge is -2.45. The molecule has 0 saturated carbocycles. The Morgan fingerprint density at radius 1 is 1.12 bits per heavy atom. The van der Waals surface area contributed by atoms with Crippen molar-refractivity contribution in [3.05, 3.63) is 92.9 Å². The molecule has 1 aromatic heterocycles. The molecule has 1 unspecified atom stereocenters. The number of hydrogen-bond acceptors (Lipinski definition) is 8. The van der Waals surface area contributed by atoms with Crippen molar-refractivity contribution in [2.75, 3.05) is 0 Å². The molecule has 0 radical (unpaired) electrons. The van der Waals surface area contributed by atoms with Gasteiger partial charge >= 0.3 is 5.97 Å². The molecule has 0 spiro atoms. The first-order valence-corrected chi connectivity index (χ1v) is 17.7. The highest BCUT2D eigenvalue weighted by Crippen LogP contribution is 2.50. The summed E-state index contributed by atoms with van der Waals surface area (Å²) in [6.45, 7) is 9.26. The van der Waals surface area contributed by atoms with E-state index in [1.165, 1.54) is 12.1 Å². The quantitative estimate of drug-likeness (QED) is 0.111. The van der Waals surface area contributed by atoms with Crippen LogP contribution in [0.5, 0.6) is 0 Å². The molecule has 0 N–H and O–H groups in total. The van der Waals surface area contributed by atoms with E-state index in [-0.39, 0.29) is 58.3 Å². The summed E-state index contributed by atoms with van der Waals surface area (Å²) in [6, 6.07) is 11.2. The first-order chi connectivity index (χ1) is 19.8. The molecule has 2 heterocycles. The van der Waals surface area contributed by atoms with Crippen LogP contribution in [0.25, 0.3) is 11.0 Å². The molecule has 0 bridgehead atoms. The van der Waals surface area contributed by atoms with Crippen LogP contribution in [-0.2, 0) is 26.1 Å². The van der Waals surface area contributed by atoms with Gasteiger partial charge in [0.05, 0.1) is 34.6 Å². The Hall–Kier alpha value is -3.37. The number of alkyl halides is 1. The summed E-state index contributed by atoms with van der Waals surface area (Å²) in [5.74, 6) is -2.15. The molecule has 1 aliphatic heterocycles. The summed E-state index contributed by atoms with van der Waals surface area (Å²) in [4.78, 5) is 53.3. The molecule has 1 fully saturated rings. The topological polar surface area (TPSA) is 112 Å². The van der Waals surface area contributed by atoms with E-state index in [4.69, 9.17) is 29.9 Å². The number of esters is 1. The number of ketones is 2. The highest BCUT2D eigenvalue weighted by molar-refractivity contribution is 6.70. The number of fused-ring (bicyclic) bond motifs is 4. The Morgan fingerprint density at radius 2 is 1.81 bits per heavy atom. The molecular weight excluding hydrogens is 576 g/mol. The summed E-state index contributed by atoms with van der Waals surface area (Å²) in [6.07, 6.45) is 2.77. The molecule has 218 valence electrons. The van der Waals surface area contributed by atoms with Gasteiger partial charge in [0.25, 0.3) is 0 Å². The maximum Gasteiger partial charge on any atom is 0.338 e. The van der Waals surface area contributed by atoms with E-state index >= 15 is 0 Å². The van der Waals surface area contributed by atoms with E-state index in [2.05, 4.69) is 0 Å². The lowest BCUT2D eigenvalue weighted by molar-refractivity contribution is 0.0473. The number of Topliss-reactive ketones (excluding diaryl/α,β-unsaturated/α-hetero) is 2. The van der Waals surface area contributed by atoms with E-state index in [1.807, 2.05) is 32.6 Å². The van der Waals surface area contributed by atoms with Crippen molar-refractivity contribution in [2.24, 2.45) is 5.92 Å². The van der Waals surface area contributed by atoms with E-state index in [9.17, 15) is 19.2 Å². The fourth-order valence-electron chi connectivity index (χ4n) is 5.90. The third-order valence-electron chi connectivity index (χ3n) is 8.32. The van der Waals surface area contributed by atoms with Crippen molar-refractivity contribution < 1.29 is 32.7 Å². The third kappa shape index (κ3) is 4.50. The Balaban J connectivity index is 1.54. The molecule has 3 aromatic rings. The van der Waals surface area contributed by atoms with Gasteiger partial charge in [0.15, 0.2) is 25.3 Å². The summed E-state index contributed by atoms with van der Waals surface area (Å²) in [5.41, 5.74) is -0.770. The van der Waals surface area contributed by atoms with Gasteiger partial charge in [-0.15, -0.1) is 11.6 Å². The second-order valence-electron chi connectivity index (χ2n) is 12.3. The van der Waals surface area contributed by atoms with Crippen molar-refractivity contribution in [3.63, 3.8) is 0 Å². The van der Waals surface area contributed by atoms with E-state index in [1.54, 1.807) is 43.3 Å². The third-order valence-corrected chi connectivity index (χ3v) is 9.93. The molecule has 5 atom stereocenters. The van der Waals surface area contributed by atoms with Crippen LogP contribution in [0.4, 0.5) is 0 Å². The van der Waals surface area contributed by atoms with Gasteiger partial charge in [-0.2, -0.15) is 0 Å². The van der Waals surface area contributed by atoms with Gasteiger partial charge in [-0.3, -0.25) is 14.4 Å². The normalized spacial score (nSPS) is 28.4. The van der Waals surface area contributed by atoms with Crippen molar-refractivity contribution in [3.8, 4) is 0 Å². The van der Waals surface area contributed by atoms with Gasteiger partial charge in [-0.1, -0.05) is 30.4 Å². The number of allylic oxidation sites excluding steroid dienone is 1. The highest BCUT2D eigenvalue weighted by Gasteiger charge is 2.60. The average Bonchev–Trinajstić information content (AvgIpc) is 3.57. The number of ether oxygens (including phenoxy) is 2. The Kier molecular flexibility index (Phi) is 6.73. The van der Waals surface area contributed by atoms with E-state index in [0.717, 1.165) is 0 Å². The van der Waals surface area contributed by atoms with Crippen LogP contribution in [0.1, 0.15) is 62.7 Å². The molecule has 2 aromatic carbocycles. The van der Waals surface area contributed by atoms with Gasteiger partial charge in [-0.25, -0.2) is 4.79 Å². The second kappa shape index (κ2) is 9.84. The van der Waals surface area contributed by atoms with Gasteiger partial charge < -0.3 is 18.3 Å². The zero-order chi connectivity index (χ0) is 30.2. The largest absolute Gasteiger partial charge is 0.457 e. The maximum atomic E-state index is 14.5. The van der Waals surface area contributed by atoms with Crippen molar-refractivity contribution >= 4 is 48.4 Å². The first-order valence-electron chi connectivity index (χ1n) is 13.9. The number of hydrogen-bond donors (Lipinski definition) is 0. The minimum Gasteiger partial charge on any atom is -0.457 e. The number of carbonyl (C=O) groups excluding carboxylic acids is 3. The molecule has 2 aliphatic carbocycles. The minimum atomic E-state index is -2.20. The number of epoxide rings is 1. The minimum absolute atomic E-state index is 0.0455. The Bertz CT molecular complexity index is 1740. The maximum absolute atomic E-state index is 14.5. The van der Waals surface area contributed by atoms with Crippen LogP contribution >= 0.6 is 11.6 Å². The number of halogens is 1. The molecule has 3 aliphatic rings. The van der Waals surface area contributed by atoms with Gasteiger partial charge in [-0.05, 0) is 58.1 Å². The fourth-order valence-corrected chi connectivity index (χ4v) is 7.40. The number of benzene rings is 2. The van der Waals surface area contributed by atoms with Crippen LogP contribution in [0, 0.1) is 5.92 Å². The van der Waals surface area contributed by atoms with E-state index in [0.29, 0.717) is 5.56 Å². The molecule has 6 rings (SSSR count). The average molecular weight is 607 g/mol. The van der Waals surface area contributed by atoms with Crippen LogP contribution < -0.4 is 5.43 Å². The van der Waals surface area contributed by atoms with E-state index < -0.39 is 48.0 Å². The molecule has 10 heteroatoms. The van der Waals surface area contributed by atoms with Gasteiger partial charge in [0.2, 0.25) is 0 Å². The zero-order valence-electron chi connectivity index (χ0n) is 24.0. The van der Waals surface area contributed by atoms with Crippen LogP contribution in [0.2, 0.25) is 19.6 Å². The van der Waals surface area contributed by atoms with Crippen LogP contribution in [0.3, 0.4) is 0 Å². The summed E-state index contributed by atoms with van der Waals surface area (Å²) in [7, 11) is -2.20. The SMILES string of the molecule is C[C@@H]1O[C@]1(C)c1cc(=O)c2c(COC(=O)c3ccccc3)cc3c(c2o1)C(=O)[C@]1(Cl)C(O[Si](C)(C)C)C=CC[C@@H]1C3=O. The van der Waals surface area contributed by atoms with Crippen molar-refractivity contribution in [1.29, 1.82) is 0 Å². The Labute approximate surface area is 248 Å². The first kappa shape index (κ1) is 28.7. The lowest BCUT2D eigenvalue weighted by atomic mass is 9.67. The number of rotatable bonds is 6. The summed E-state index contributed by atoms with van der Waals surface area (Å²) < 4.78 is 23.9. The predicted octanol–water partition coefficient (Wildman–Crippen LogP) is 5.94. The monoisotopic (exact) mass is 606 g/mol. The summed E-state index contributed by atoms with van der Waals surface area (Å²) in [5, 5.41) is 0.0455. The number of carbonyl (C=O) groups is 3. The molecule has 42 heavy (non-hydrogen) atoms. The smallest absolute Gasteiger partial charge is 0.338 e. The Morgan fingerprint density at radius 3 is 2.45 bits per heavy atom. The zero-order valence-corrected chi connectivity index (χ0v) is 25.7. The highest BCUT2D eigenvalue weighted by atomic mass is 35.5. The van der Waals surface area contributed by atoms with Crippen molar-refractivity contribution in [2.45, 2.75) is 69.2 Å². The molecule has 8 nitrogen and oxygen atoms in total. The van der Waals surface area contributed by atoms with Gasteiger partial charge in [0.1, 0.15) is 28.4 Å². The predicted molar refractivity (Wildman–Crippen MR) is 159 cm³/mol. The fraction of sp³-hybridized carbons (Fsp3) is 0.375. The molecular formula is C32H31ClO8Si. The lowest BCUT2D eigenvalue weighted by Crippen LogP contribution is -2.59. The second-order valence-corrected chi connectivity index (χ2v) is 17.4. The van der Waals surface area contributed by atoms with Crippen LogP contribution in [0.15, 0.2) is 63.8 Å². The van der Waals surface area contributed by atoms with Crippen molar-refractivity contribution in [1.82, 2.24) is 0 Å². The van der Waals surface area contributed by atoms with Gasteiger partial charge in [0, 0.05) is 17.2 Å². The summed E-state index contributed by atoms with van der Waals surface area (Å²) >= 11 is 7.20.